The van der Waals surface area contributed by atoms with Gasteiger partial charge in [0.15, 0.2) is 5.16 Å². The molecule has 172 valence electrons. The van der Waals surface area contributed by atoms with Gasteiger partial charge in [0.25, 0.3) is 0 Å². The highest BCUT2D eigenvalue weighted by Crippen LogP contribution is 2.32. The Kier molecular flexibility index (Phi) is 6.49. The van der Waals surface area contributed by atoms with Gasteiger partial charge in [-0.25, -0.2) is 0 Å². The summed E-state index contributed by atoms with van der Waals surface area (Å²) in [6.45, 7) is 0.343. The zero-order valence-corrected chi connectivity index (χ0v) is 17.8. The van der Waals surface area contributed by atoms with Gasteiger partial charge in [-0.1, -0.05) is 29.1 Å². The zero-order valence-electron chi connectivity index (χ0n) is 17.0. The highest BCUT2D eigenvalue weighted by Gasteiger charge is 2.30. The van der Waals surface area contributed by atoms with Crippen LogP contribution in [0.25, 0.3) is 11.4 Å². The Morgan fingerprint density at radius 2 is 2.03 bits per heavy atom. The molecule has 0 saturated carbocycles. The second-order valence-corrected chi connectivity index (χ2v) is 7.85. The summed E-state index contributed by atoms with van der Waals surface area (Å²) in [6.07, 6.45) is -2.50. The van der Waals surface area contributed by atoms with Gasteiger partial charge in [-0.15, -0.1) is 10.2 Å². The van der Waals surface area contributed by atoms with Crippen LogP contribution in [0, 0.1) is 0 Å². The molecule has 0 unspecified atom stereocenters. The second-order valence-electron chi connectivity index (χ2n) is 6.91. The smallest absolute Gasteiger partial charge is 0.416 e. The maximum atomic E-state index is 13.0. The minimum Gasteiger partial charge on any atom is -0.467 e. The number of halogens is 3. The molecule has 0 atom stereocenters. The molecule has 0 saturated heterocycles. The Hall–Kier alpha value is -3.61. The summed E-state index contributed by atoms with van der Waals surface area (Å²) in [4.78, 5) is 15.4. The van der Waals surface area contributed by atoms with Gasteiger partial charge in [-0.05, 0) is 24.3 Å². The van der Waals surface area contributed by atoms with Gasteiger partial charge < -0.3 is 14.7 Å². The predicted molar refractivity (Wildman–Crippen MR) is 110 cm³/mol. The molecule has 13 heteroatoms. The molecule has 1 amide bonds. The van der Waals surface area contributed by atoms with Crippen LogP contribution in [0.4, 0.5) is 13.2 Å². The summed E-state index contributed by atoms with van der Waals surface area (Å²) in [5, 5.41) is 12.6. The number of rotatable bonds is 9. The van der Waals surface area contributed by atoms with E-state index in [4.69, 9.17) is 14.7 Å². The van der Waals surface area contributed by atoms with Gasteiger partial charge in [-0.3, -0.25) is 9.36 Å². The molecule has 0 aliphatic carbocycles. The molecule has 0 spiro atoms. The molecule has 4 aromatic rings. The van der Waals surface area contributed by atoms with Gasteiger partial charge in [0.05, 0.1) is 24.1 Å². The van der Waals surface area contributed by atoms with Crippen molar-refractivity contribution in [2.45, 2.75) is 36.5 Å². The molecular formula is C20H17F3N6O3S. The van der Waals surface area contributed by atoms with E-state index in [2.05, 4.69) is 20.3 Å². The van der Waals surface area contributed by atoms with E-state index in [0.717, 1.165) is 12.1 Å². The number of hydrogen-bond donors (Lipinski definition) is 1. The van der Waals surface area contributed by atoms with Crippen molar-refractivity contribution >= 4 is 17.7 Å². The van der Waals surface area contributed by atoms with Crippen LogP contribution in [-0.4, -0.2) is 30.8 Å². The standard InChI is InChI=1S/C20H17F3N6O3S/c21-20(22,23)13-4-1-3-12(9-13)18-25-17(32-28-18)11-33-19-27-26-16(7-6-15(24)30)29(19)10-14-5-2-8-31-14/h1-5,8-9H,6-7,10-11H2,(H2,24,30). The summed E-state index contributed by atoms with van der Waals surface area (Å²) in [6, 6.07) is 8.25. The lowest BCUT2D eigenvalue weighted by Crippen LogP contribution is -2.14. The molecule has 3 heterocycles. The van der Waals surface area contributed by atoms with Crippen molar-refractivity contribution in [1.82, 2.24) is 24.9 Å². The molecule has 1 aromatic carbocycles. The molecule has 4 rings (SSSR count). The number of benzene rings is 1. The molecule has 3 aromatic heterocycles. The molecular weight excluding hydrogens is 461 g/mol. The Morgan fingerprint density at radius 3 is 2.76 bits per heavy atom. The quantitative estimate of drug-likeness (QED) is 0.361. The third-order valence-corrected chi connectivity index (χ3v) is 5.47. The highest BCUT2D eigenvalue weighted by atomic mass is 32.2. The SMILES string of the molecule is NC(=O)CCc1nnc(SCc2nc(-c3cccc(C(F)(F)F)c3)no2)n1Cc1ccco1. The van der Waals surface area contributed by atoms with E-state index in [-0.39, 0.29) is 29.5 Å². The number of nitrogens with zero attached hydrogens (tertiary/aromatic N) is 5. The number of aromatic nitrogens is 5. The maximum Gasteiger partial charge on any atom is 0.416 e. The Balaban J connectivity index is 1.49. The first-order valence-electron chi connectivity index (χ1n) is 9.65. The third-order valence-electron chi connectivity index (χ3n) is 4.52. The Labute approximate surface area is 189 Å². The predicted octanol–water partition coefficient (Wildman–Crippen LogP) is 3.70. The number of amides is 1. The topological polar surface area (TPSA) is 126 Å². The number of carbonyl (C=O) groups is 1. The average Bonchev–Trinajstić information content (AvgIpc) is 3.53. The molecule has 33 heavy (non-hydrogen) atoms. The van der Waals surface area contributed by atoms with Gasteiger partial charge in [0, 0.05) is 18.4 Å². The van der Waals surface area contributed by atoms with Crippen LogP contribution >= 0.6 is 11.8 Å². The van der Waals surface area contributed by atoms with Crippen LogP contribution in [0.15, 0.2) is 56.8 Å². The number of thioether (sulfide) groups is 1. The van der Waals surface area contributed by atoms with Crippen LogP contribution < -0.4 is 5.73 Å². The summed E-state index contributed by atoms with van der Waals surface area (Å²) >= 11 is 1.25. The number of primary amides is 1. The summed E-state index contributed by atoms with van der Waals surface area (Å²) in [7, 11) is 0. The van der Waals surface area contributed by atoms with E-state index in [0.29, 0.717) is 29.7 Å². The van der Waals surface area contributed by atoms with Gasteiger partial charge in [0.1, 0.15) is 11.6 Å². The van der Waals surface area contributed by atoms with E-state index in [9.17, 15) is 18.0 Å². The van der Waals surface area contributed by atoms with E-state index >= 15 is 0 Å². The minimum atomic E-state index is -4.47. The summed E-state index contributed by atoms with van der Waals surface area (Å²) in [5.74, 6) is 1.24. The lowest BCUT2D eigenvalue weighted by Gasteiger charge is -2.07. The molecule has 2 N–H and O–H groups in total. The van der Waals surface area contributed by atoms with E-state index in [1.165, 1.54) is 23.9 Å². The number of aryl methyl sites for hydroxylation is 1. The fraction of sp³-hybridized carbons (Fsp3) is 0.250. The first-order chi connectivity index (χ1) is 15.8. The molecule has 0 aliphatic heterocycles. The molecule has 0 aliphatic rings. The van der Waals surface area contributed by atoms with Gasteiger partial charge in [0.2, 0.25) is 17.6 Å². The van der Waals surface area contributed by atoms with Gasteiger partial charge in [-0.2, -0.15) is 18.2 Å². The number of carbonyl (C=O) groups excluding carboxylic acids is 1. The Morgan fingerprint density at radius 1 is 1.18 bits per heavy atom. The van der Waals surface area contributed by atoms with E-state index in [1.807, 2.05) is 0 Å². The summed E-state index contributed by atoms with van der Waals surface area (Å²) in [5.41, 5.74) is 4.64. The molecule has 0 bridgehead atoms. The molecule has 9 nitrogen and oxygen atoms in total. The van der Waals surface area contributed by atoms with E-state index < -0.39 is 17.6 Å². The number of furan rings is 1. The van der Waals surface area contributed by atoms with Crippen molar-refractivity contribution in [3.63, 3.8) is 0 Å². The molecule has 0 fully saturated rings. The first kappa shape index (κ1) is 22.6. The lowest BCUT2D eigenvalue weighted by atomic mass is 10.1. The largest absolute Gasteiger partial charge is 0.467 e. The van der Waals surface area contributed by atoms with Crippen molar-refractivity contribution in [2.24, 2.45) is 5.73 Å². The average molecular weight is 478 g/mol. The third kappa shape index (κ3) is 5.61. The second kappa shape index (κ2) is 9.48. The summed E-state index contributed by atoms with van der Waals surface area (Å²) < 4.78 is 51.2. The zero-order chi connectivity index (χ0) is 23.4. The van der Waals surface area contributed by atoms with Gasteiger partial charge >= 0.3 is 6.18 Å². The fourth-order valence-corrected chi connectivity index (χ4v) is 3.75. The van der Waals surface area contributed by atoms with Crippen LogP contribution in [0.5, 0.6) is 0 Å². The number of nitrogens with two attached hydrogens (primary N) is 1. The normalized spacial score (nSPS) is 11.7. The lowest BCUT2D eigenvalue weighted by molar-refractivity contribution is -0.137. The van der Waals surface area contributed by atoms with Crippen LogP contribution in [0.2, 0.25) is 0 Å². The van der Waals surface area contributed by atoms with Crippen molar-refractivity contribution in [2.75, 3.05) is 0 Å². The Bertz CT molecular complexity index is 1240. The van der Waals surface area contributed by atoms with Crippen molar-refractivity contribution in [3.8, 4) is 11.4 Å². The monoisotopic (exact) mass is 478 g/mol. The van der Waals surface area contributed by atoms with Crippen LogP contribution in [0.1, 0.15) is 29.5 Å². The highest BCUT2D eigenvalue weighted by molar-refractivity contribution is 7.98. The van der Waals surface area contributed by atoms with Crippen molar-refractivity contribution < 1.29 is 26.9 Å². The van der Waals surface area contributed by atoms with Crippen molar-refractivity contribution in [1.29, 1.82) is 0 Å². The number of hydrogen-bond acceptors (Lipinski definition) is 8. The minimum absolute atomic E-state index is 0.0518. The van der Waals surface area contributed by atoms with Crippen LogP contribution in [0.3, 0.4) is 0 Å². The molecule has 0 radical (unpaired) electrons. The van der Waals surface area contributed by atoms with E-state index in [1.54, 1.807) is 23.0 Å². The first-order valence-corrected chi connectivity index (χ1v) is 10.6. The number of alkyl halides is 3. The maximum absolute atomic E-state index is 13.0. The van der Waals surface area contributed by atoms with Crippen molar-refractivity contribution in [3.05, 3.63) is 65.7 Å². The fourth-order valence-electron chi connectivity index (χ4n) is 2.95. The van der Waals surface area contributed by atoms with Crippen LogP contribution in [-0.2, 0) is 29.7 Å².